The van der Waals surface area contributed by atoms with Gasteiger partial charge < -0.3 is 14.6 Å². The van der Waals surface area contributed by atoms with Crippen molar-refractivity contribution in [2.24, 2.45) is 0 Å². The van der Waals surface area contributed by atoms with E-state index in [4.69, 9.17) is 9.47 Å². The number of hydrogen-bond acceptors (Lipinski definition) is 4. The SMILES string of the molecule is C=CC(=O)OCCCCCCOc1cc(C(=O)O)ccc1-c1ccccc1. The van der Waals surface area contributed by atoms with Gasteiger partial charge in [-0.1, -0.05) is 36.9 Å². The predicted octanol–water partition coefficient (Wildman–Crippen LogP) is 4.72. The van der Waals surface area contributed by atoms with Gasteiger partial charge in [-0.2, -0.15) is 0 Å². The van der Waals surface area contributed by atoms with Crippen molar-refractivity contribution >= 4 is 11.9 Å². The molecule has 0 amide bonds. The number of carboxylic acids is 1. The van der Waals surface area contributed by atoms with Gasteiger partial charge in [0.15, 0.2) is 0 Å². The molecule has 2 rings (SSSR count). The molecule has 0 unspecified atom stereocenters. The maximum Gasteiger partial charge on any atom is 0.335 e. The smallest absolute Gasteiger partial charge is 0.335 e. The molecule has 0 aromatic heterocycles. The highest BCUT2D eigenvalue weighted by molar-refractivity contribution is 5.89. The van der Waals surface area contributed by atoms with Crippen molar-refractivity contribution in [1.29, 1.82) is 0 Å². The van der Waals surface area contributed by atoms with E-state index >= 15 is 0 Å². The lowest BCUT2D eigenvalue weighted by Gasteiger charge is -2.13. The highest BCUT2D eigenvalue weighted by Gasteiger charge is 2.11. The summed E-state index contributed by atoms with van der Waals surface area (Å²) >= 11 is 0. The van der Waals surface area contributed by atoms with Gasteiger partial charge in [0.25, 0.3) is 0 Å². The quantitative estimate of drug-likeness (QED) is 0.353. The molecule has 1 N–H and O–H groups in total. The van der Waals surface area contributed by atoms with Crippen LogP contribution in [0.5, 0.6) is 5.75 Å². The molecular weight excluding hydrogens is 344 g/mol. The summed E-state index contributed by atoms with van der Waals surface area (Å²) in [5, 5.41) is 9.22. The third-order valence-corrected chi connectivity index (χ3v) is 4.02. The number of carbonyl (C=O) groups is 2. The van der Waals surface area contributed by atoms with Crippen LogP contribution in [-0.4, -0.2) is 30.3 Å². The van der Waals surface area contributed by atoms with E-state index in [0.29, 0.717) is 19.0 Å². The van der Waals surface area contributed by atoms with Gasteiger partial charge in [0, 0.05) is 11.6 Å². The summed E-state index contributed by atoms with van der Waals surface area (Å²) in [4.78, 5) is 22.2. The summed E-state index contributed by atoms with van der Waals surface area (Å²) in [7, 11) is 0. The van der Waals surface area contributed by atoms with Crippen LogP contribution in [0.25, 0.3) is 11.1 Å². The van der Waals surface area contributed by atoms with E-state index in [1.807, 2.05) is 30.3 Å². The normalized spacial score (nSPS) is 10.2. The monoisotopic (exact) mass is 368 g/mol. The first kappa shape index (κ1) is 20.2. The molecule has 142 valence electrons. The second-order valence-corrected chi connectivity index (χ2v) is 6.02. The van der Waals surface area contributed by atoms with Crippen LogP contribution in [0.3, 0.4) is 0 Å². The van der Waals surface area contributed by atoms with Crippen LogP contribution in [-0.2, 0) is 9.53 Å². The van der Waals surface area contributed by atoms with Crippen molar-refractivity contribution in [3.63, 3.8) is 0 Å². The Kier molecular flexibility index (Phi) is 8.10. The minimum Gasteiger partial charge on any atom is -0.493 e. The Morgan fingerprint density at radius 2 is 1.67 bits per heavy atom. The molecule has 0 atom stereocenters. The van der Waals surface area contributed by atoms with Crippen molar-refractivity contribution in [3.05, 3.63) is 66.7 Å². The molecule has 0 spiro atoms. The van der Waals surface area contributed by atoms with E-state index in [0.717, 1.165) is 42.9 Å². The van der Waals surface area contributed by atoms with Gasteiger partial charge >= 0.3 is 11.9 Å². The number of hydrogen-bond donors (Lipinski definition) is 1. The number of unbranched alkanes of at least 4 members (excludes halogenated alkanes) is 3. The largest absolute Gasteiger partial charge is 0.493 e. The Morgan fingerprint density at radius 3 is 2.33 bits per heavy atom. The molecule has 0 heterocycles. The van der Waals surface area contributed by atoms with Gasteiger partial charge in [-0.05, 0) is 49.4 Å². The number of ether oxygens (including phenoxy) is 2. The summed E-state index contributed by atoms with van der Waals surface area (Å²) in [5.41, 5.74) is 2.05. The molecule has 0 fully saturated rings. The van der Waals surface area contributed by atoms with Crippen LogP contribution in [0.2, 0.25) is 0 Å². The summed E-state index contributed by atoms with van der Waals surface area (Å²) < 4.78 is 10.8. The van der Waals surface area contributed by atoms with Gasteiger partial charge in [0.2, 0.25) is 0 Å². The number of carboxylic acid groups (broad SMARTS) is 1. The van der Waals surface area contributed by atoms with Crippen molar-refractivity contribution < 1.29 is 24.2 Å². The highest BCUT2D eigenvalue weighted by atomic mass is 16.5. The standard InChI is InChI=1S/C22H24O5/c1-2-21(23)27-15-9-4-3-8-14-26-20-16-18(22(24)25)12-13-19(20)17-10-6-5-7-11-17/h2,5-7,10-13,16H,1,3-4,8-9,14-15H2,(H,24,25). The first-order valence-corrected chi connectivity index (χ1v) is 8.96. The van der Waals surface area contributed by atoms with Gasteiger partial charge in [0.1, 0.15) is 5.75 Å². The number of carbonyl (C=O) groups excluding carboxylic acids is 1. The molecule has 2 aromatic rings. The van der Waals surface area contributed by atoms with Gasteiger partial charge in [0.05, 0.1) is 18.8 Å². The fourth-order valence-corrected chi connectivity index (χ4v) is 2.60. The molecule has 0 saturated heterocycles. The van der Waals surface area contributed by atoms with Crippen LogP contribution in [0.4, 0.5) is 0 Å². The first-order valence-electron chi connectivity index (χ1n) is 8.96. The Balaban J connectivity index is 1.87. The van der Waals surface area contributed by atoms with Crippen molar-refractivity contribution in [2.75, 3.05) is 13.2 Å². The Hall–Kier alpha value is -3.08. The van der Waals surface area contributed by atoms with E-state index in [-0.39, 0.29) is 5.56 Å². The molecule has 0 aliphatic carbocycles. The molecule has 2 aromatic carbocycles. The van der Waals surface area contributed by atoms with Crippen LogP contribution in [0.1, 0.15) is 36.0 Å². The number of esters is 1. The Morgan fingerprint density at radius 1 is 0.963 bits per heavy atom. The zero-order valence-electron chi connectivity index (χ0n) is 15.2. The predicted molar refractivity (Wildman–Crippen MR) is 104 cm³/mol. The lowest BCUT2D eigenvalue weighted by atomic mass is 10.0. The van der Waals surface area contributed by atoms with Crippen molar-refractivity contribution in [3.8, 4) is 16.9 Å². The molecule has 0 radical (unpaired) electrons. The summed E-state index contributed by atoms with van der Waals surface area (Å²) in [6, 6.07) is 14.7. The fourth-order valence-electron chi connectivity index (χ4n) is 2.60. The van der Waals surface area contributed by atoms with Crippen LogP contribution in [0.15, 0.2) is 61.2 Å². The minimum atomic E-state index is -0.978. The molecule has 0 aliphatic rings. The fraction of sp³-hybridized carbons (Fsp3) is 0.273. The average molecular weight is 368 g/mol. The Bertz CT molecular complexity index is 768. The van der Waals surface area contributed by atoms with E-state index in [1.165, 1.54) is 0 Å². The van der Waals surface area contributed by atoms with Crippen LogP contribution >= 0.6 is 0 Å². The molecule has 5 heteroatoms. The Labute approximate surface area is 159 Å². The lowest BCUT2D eigenvalue weighted by Crippen LogP contribution is -2.03. The third-order valence-electron chi connectivity index (χ3n) is 4.02. The number of aromatic carboxylic acids is 1. The lowest BCUT2D eigenvalue weighted by molar-refractivity contribution is -0.137. The van der Waals surface area contributed by atoms with Gasteiger partial charge in [-0.3, -0.25) is 0 Å². The van der Waals surface area contributed by atoms with E-state index in [9.17, 15) is 14.7 Å². The maximum absolute atomic E-state index is 11.2. The second-order valence-electron chi connectivity index (χ2n) is 6.02. The number of benzene rings is 2. The summed E-state index contributed by atoms with van der Waals surface area (Å²) in [5.74, 6) is -0.806. The summed E-state index contributed by atoms with van der Waals surface area (Å²) in [6.07, 6.45) is 4.65. The zero-order chi connectivity index (χ0) is 19.5. The van der Waals surface area contributed by atoms with Gasteiger partial charge in [-0.15, -0.1) is 0 Å². The number of rotatable bonds is 11. The van der Waals surface area contributed by atoms with Crippen molar-refractivity contribution in [2.45, 2.75) is 25.7 Å². The molecule has 0 aliphatic heterocycles. The maximum atomic E-state index is 11.2. The second kappa shape index (κ2) is 10.8. The molecule has 0 bridgehead atoms. The van der Waals surface area contributed by atoms with Crippen LogP contribution in [0, 0.1) is 0 Å². The minimum absolute atomic E-state index is 0.203. The zero-order valence-corrected chi connectivity index (χ0v) is 15.2. The molecule has 5 nitrogen and oxygen atoms in total. The molecular formula is C22H24O5. The van der Waals surface area contributed by atoms with Gasteiger partial charge in [-0.25, -0.2) is 9.59 Å². The summed E-state index contributed by atoms with van der Waals surface area (Å²) in [6.45, 7) is 4.24. The van der Waals surface area contributed by atoms with E-state index in [1.54, 1.807) is 18.2 Å². The average Bonchev–Trinajstić information content (AvgIpc) is 2.70. The van der Waals surface area contributed by atoms with Crippen molar-refractivity contribution in [1.82, 2.24) is 0 Å². The van der Waals surface area contributed by atoms with E-state index < -0.39 is 11.9 Å². The molecule has 0 saturated carbocycles. The van der Waals surface area contributed by atoms with E-state index in [2.05, 4.69) is 6.58 Å². The topological polar surface area (TPSA) is 72.8 Å². The van der Waals surface area contributed by atoms with Crippen LogP contribution < -0.4 is 4.74 Å². The molecule has 27 heavy (non-hydrogen) atoms. The first-order chi connectivity index (χ1) is 13.1. The third kappa shape index (κ3) is 6.62. The highest BCUT2D eigenvalue weighted by Crippen LogP contribution is 2.31.